The number of fused-ring (bicyclic) bond motifs is 1. The number of rotatable bonds is 3. The van der Waals surface area contributed by atoms with Gasteiger partial charge in [-0.3, -0.25) is 14.5 Å². The molecule has 0 aromatic heterocycles. The molecule has 3 unspecified atom stereocenters. The Morgan fingerprint density at radius 3 is 2.27 bits per heavy atom. The van der Waals surface area contributed by atoms with E-state index in [-0.39, 0.29) is 11.9 Å². The van der Waals surface area contributed by atoms with Crippen molar-refractivity contribution in [1.82, 2.24) is 20.0 Å². The van der Waals surface area contributed by atoms with Gasteiger partial charge >= 0.3 is 0 Å². The molecule has 3 atom stereocenters. The van der Waals surface area contributed by atoms with Crippen LogP contribution in [0.3, 0.4) is 0 Å². The summed E-state index contributed by atoms with van der Waals surface area (Å²) in [5, 5.41) is 3.61. The second-order valence-electron chi connectivity index (χ2n) is 8.65. The van der Waals surface area contributed by atoms with E-state index in [2.05, 4.69) is 10.2 Å². The van der Waals surface area contributed by atoms with Crippen LogP contribution in [0, 0.1) is 5.92 Å². The van der Waals surface area contributed by atoms with Crippen LogP contribution < -0.4 is 5.32 Å². The first kappa shape index (κ1) is 18.2. The molecule has 3 aliphatic heterocycles. The van der Waals surface area contributed by atoms with E-state index in [9.17, 15) is 9.59 Å². The van der Waals surface area contributed by atoms with E-state index in [4.69, 9.17) is 0 Å². The molecule has 6 heteroatoms. The topological polar surface area (TPSA) is 55.9 Å². The number of likely N-dealkylation sites (tertiary alicyclic amines) is 1. The predicted molar refractivity (Wildman–Crippen MR) is 101 cm³/mol. The zero-order chi connectivity index (χ0) is 17.9. The number of hydrogen-bond acceptors (Lipinski definition) is 4. The lowest BCUT2D eigenvalue weighted by molar-refractivity contribution is -0.136. The highest BCUT2D eigenvalue weighted by molar-refractivity contribution is 5.82. The zero-order valence-corrected chi connectivity index (χ0v) is 16.0. The van der Waals surface area contributed by atoms with E-state index < -0.39 is 0 Å². The first-order valence-corrected chi connectivity index (χ1v) is 10.8. The number of nitrogens with one attached hydrogen (secondary N) is 1. The van der Waals surface area contributed by atoms with Crippen LogP contribution in [0.4, 0.5) is 0 Å². The standard InChI is InChI=1S/C20H34N4O2/c25-19(23-8-4-1-5-9-23)15-22-10-12-24(13-11-22)20(26)18-14-16-6-2-3-7-17(16)21-18/h16-18,21H,1-15H2. The Morgan fingerprint density at radius 2 is 1.54 bits per heavy atom. The molecule has 26 heavy (non-hydrogen) atoms. The summed E-state index contributed by atoms with van der Waals surface area (Å²) in [4.78, 5) is 31.6. The highest BCUT2D eigenvalue weighted by atomic mass is 16.2. The molecule has 0 radical (unpaired) electrons. The van der Waals surface area contributed by atoms with Gasteiger partial charge in [0.25, 0.3) is 0 Å². The van der Waals surface area contributed by atoms with E-state index >= 15 is 0 Å². The predicted octanol–water partition coefficient (Wildman–Crippen LogP) is 1.06. The summed E-state index contributed by atoms with van der Waals surface area (Å²) >= 11 is 0. The van der Waals surface area contributed by atoms with E-state index in [1.165, 1.54) is 32.1 Å². The summed E-state index contributed by atoms with van der Waals surface area (Å²) in [6.45, 7) is 5.54. The third-order valence-electron chi connectivity index (χ3n) is 6.91. The summed E-state index contributed by atoms with van der Waals surface area (Å²) in [5.41, 5.74) is 0. The second kappa shape index (κ2) is 8.26. The maximum atomic E-state index is 12.9. The molecule has 3 heterocycles. The summed E-state index contributed by atoms with van der Waals surface area (Å²) in [7, 11) is 0. The lowest BCUT2D eigenvalue weighted by atomic mass is 9.85. The van der Waals surface area contributed by atoms with Crippen LogP contribution in [0.2, 0.25) is 0 Å². The molecule has 4 fully saturated rings. The average molecular weight is 363 g/mol. The lowest BCUT2D eigenvalue weighted by Gasteiger charge is -2.37. The maximum absolute atomic E-state index is 12.9. The number of piperazine rings is 1. The molecule has 0 aromatic carbocycles. The van der Waals surface area contributed by atoms with Gasteiger partial charge in [0.05, 0.1) is 12.6 Å². The number of hydrogen-bond donors (Lipinski definition) is 1. The van der Waals surface area contributed by atoms with Crippen molar-refractivity contribution in [2.45, 2.75) is 63.5 Å². The van der Waals surface area contributed by atoms with Crippen molar-refractivity contribution in [3.63, 3.8) is 0 Å². The van der Waals surface area contributed by atoms with E-state index in [1.54, 1.807) is 0 Å². The fourth-order valence-electron chi connectivity index (χ4n) is 5.29. The number of nitrogens with zero attached hydrogens (tertiary/aromatic N) is 3. The van der Waals surface area contributed by atoms with Crippen LogP contribution in [0.1, 0.15) is 51.4 Å². The molecule has 2 amide bonds. The maximum Gasteiger partial charge on any atom is 0.239 e. The molecular weight excluding hydrogens is 328 g/mol. The minimum Gasteiger partial charge on any atom is -0.342 e. The summed E-state index contributed by atoms with van der Waals surface area (Å²) in [6.07, 6.45) is 9.72. The second-order valence-corrected chi connectivity index (χ2v) is 8.65. The van der Waals surface area contributed by atoms with E-state index in [1.807, 2.05) is 9.80 Å². The number of carbonyl (C=O) groups excluding carboxylic acids is 2. The normalized spacial score (nSPS) is 33.2. The molecule has 1 aliphatic carbocycles. The molecule has 3 saturated heterocycles. The third kappa shape index (κ3) is 4.06. The van der Waals surface area contributed by atoms with Gasteiger partial charge in [-0.15, -0.1) is 0 Å². The summed E-state index contributed by atoms with van der Waals surface area (Å²) in [5.74, 6) is 1.27. The van der Waals surface area contributed by atoms with Crippen molar-refractivity contribution in [3.8, 4) is 0 Å². The number of piperidine rings is 1. The molecular formula is C20H34N4O2. The van der Waals surface area contributed by atoms with Gasteiger partial charge in [-0.2, -0.15) is 0 Å². The summed E-state index contributed by atoms with van der Waals surface area (Å²) < 4.78 is 0. The fraction of sp³-hybridized carbons (Fsp3) is 0.900. The van der Waals surface area contributed by atoms with Gasteiger partial charge in [0.1, 0.15) is 0 Å². The van der Waals surface area contributed by atoms with Crippen LogP contribution in [0.25, 0.3) is 0 Å². The van der Waals surface area contributed by atoms with E-state index in [0.717, 1.165) is 58.5 Å². The largest absolute Gasteiger partial charge is 0.342 e. The zero-order valence-electron chi connectivity index (χ0n) is 16.0. The summed E-state index contributed by atoms with van der Waals surface area (Å²) in [6, 6.07) is 0.603. The molecule has 4 aliphatic rings. The van der Waals surface area contributed by atoms with Crippen LogP contribution in [-0.4, -0.2) is 84.4 Å². The molecule has 0 bridgehead atoms. The van der Waals surface area contributed by atoms with Gasteiger partial charge in [-0.05, 0) is 44.4 Å². The minimum absolute atomic E-state index is 0.0321. The number of amides is 2. The van der Waals surface area contributed by atoms with Crippen LogP contribution in [0.15, 0.2) is 0 Å². The van der Waals surface area contributed by atoms with Gasteiger partial charge in [0.15, 0.2) is 0 Å². The van der Waals surface area contributed by atoms with Gasteiger partial charge in [-0.25, -0.2) is 0 Å². The smallest absolute Gasteiger partial charge is 0.239 e. The molecule has 6 nitrogen and oxygen atoms in total. The van der Waals surface area contributed by atoms with Crippen molar-refractivity contribution in [2.24, 2.45) is 5.92 Å². The van der Waals surface area contributed by atoms with Crippen LogP contribution >= 0.6 is 0 Å². The fourth-order valence-corrected chi connectivity index (χ4v) is 5.29. The highest BCUT2D eigenvalue weighted by Crippen LogP contribution is 2.33. The Balaban J connectivity index is 1.22. The molecule has 4 rings (SSSR count). The monoisotopic (exact) mass is 362 g/mol. The first-order chi connectivity index (χ1) is 12.7. The SMILES string of the molecule is O=C(CN1CCN(C(=O)C2CC3CCCCC3N2)CC1)N1CCCCC1. The van der Waals surface area contributed by atoms with Gasteiger partial charge in [-0.1, -0.05) is 12.8 Å². The first-order valence-electron chi connectivity index (χ1n) is 10.8. The molecule has 0 aromatic rings. The van der Waals surface area contributed by atoms with Crippen molar-refractivity contribution in [1.29, 1.82) is 0 Å². The molecule has 1 saturated carbocycles. The van der Waals surface area contributed by atoms with Gasteiger partial charge in [0, 0.05) is 45.3 Å². The number of carbonyl (C=O) groups is 2. The Morgan fingerprint density at radius 1 is 0.808 bits per heavy atom. The quantitative estimate of drug-likeness (QED) is 0.816. The highest BCUT2D eigenvalue weighted by Gasteiger charge is 2.40. The molecule has 0 spiro atoms. The average Bonchev–Trinajstić information content (AvgIpc) is 3.13. The Labute approximate surface area is 157 Å². The van der Waals surface area contributed by atoms with Crippen molar-refractivity contribution >= 4 is 11.8 Å². The van der Waals surface area contributed by atoms with E-state index in [0.29, 0.717) is 24.4 Å². The van der Waals surface area contributed by atoms with Gasteiger partial charge < -0.3 is 15.1 Å². The van der Waals surface area contributed by atoms with Crippen LogP contribution in [0.5, 0.6) is 0 Å². The Bertz CT molecular complexity index is 498. The van der Waals surface area contributed by atoms with Crippen molar-refractivity contribution in [2.75, 3.05) is 45.8 Å². The molecule has 146 valence electrons. The molecule has 1 N–H and O–H groups in total. The Kier molecular flexibility index (Phi) is 5.79. The van der Waals surface area contributed by atoms with Gasteiger partial charge in [0.2, 0.25) is 11.8 Å². The minimum atomic E-state index is 0.0321. The lowest BCUT2D eigenvalue weighted by Crippen LogP contribution is -2.55. The third-order valence-corrected chi connectivity index (χ3v) is 6.91. The van der Waals surface area contributed by atoms with Crippen molar-refractivity contribution < 1.29 is 9.59 Å². The van der Waals surface area contributed by atoms with Crippen molar-refractivity contribution in [3.05, 3.63) is 0 Å². The Hall–Kier alpha value is -1.14. The van der Waals surface area contributed by atoms with Crippen LogP contribution in [-0.2, 0) is 9.59 Å².